The van der Waals surface area contributed by atoms with Crippen molar-refractivity contribution in [3.8, 4) is 56.0 Å². The van der Waals surface area contributed by atoms with E-state index in [9.17, 15) is 0 Å². The summed E-state index contributed by atoms with van der Waals surface area (Å²) in [6.07, 6.45) is 0. The Hall–Kier alpha value is -7.53. The third-order valence-electron chi connectivity index (χ3n) is 11.1. The molecule has 2 aromatic heterocycles. The molecule has 0 bridgehead atoms. The Bertz CT molecular complexity index is 3250. The van der Waals surface area contributed by atoms with E-state index in [4.69, 9.17) is 9.40 Å². The maximum atomic E-state index is 6.81. The third-order valence-corrected chi connectivity index (χ3v) is 12.2. The molecule has 0 aliphatic rings. The highest BCUT2D eigenvalue weighted by Crippen LogP contribution is 2.48. The monoisotopic (exact) mass is 772 g/mol. The lowest BCUT2D eigenvalue weighted by atomic mass is 9.93. The molecule has 0 fully saturated rings. The summed E-state index contributed by atoms with van der Waals surface area (Å²) in [7, 11) is 0. The molecule has 0 spiro atoms. The Labute approximate surface area is 346 Å². The van der Waals surface area contributed by atoms with Crippen LogP contribution < -0.4 is 4.90 Å². The van der Waals surface area contributed by atoms with Crippen LogP contribution in [-0.4, -0.2) is 4.98 Å². The summed E-state index contributed by atoms with van der Waals surface area (Å²) in [5, 5.41) is 2.40. The third kappa shape index (κ3) is 6.37. The van der Waals surface area contributed by atoms with E-state index in [1.165, 1.54) is 36.9 Å². The minimum absolute atomic E-state index is 0.618. The molecule has 11 aromatic rings. The summed E-state index contributed by atoms with van der Waals surface area (Å²) in [5.74, 6) is 0.618. The number of hydrogen-bond donors (Lipinski definition) is 0. The molecule has 0 N–H and O–H groups in total. The standard InChI is InChI=1S/C55H36N2OS/c1-5-16-37(17-6-1)39-28-31-44(32-29-39)57(45-25-15-24-42(34-45)38-18-7-2-8-19-38)49-33-30-43(35-47(49)40-20-9-3-10-21-40)52-53-46-26-13-14-27-50(46)59-51(53)36-48-54(52)58-55(56-48)41-22-11-4-12-23-41/h1-36H. The van der Waals surface area contributed by atoms with Crippen LogP contribution in [0.2, 0.25) is 0 Å². The van der Waals surface area contributed by atoms with Gasteiger partial charge in [0, 0.05) is 48.2 Å². The van der Waals surface area contributed by atoms with E-state index in [1.807, 2.05) is 18.2 Å². The number of fused-ring (bicyclic) bond motifs is 4. The SMILES string of the molecule is c1ccc(-c2ccc(N(c3cccc(-c4ccccc4)c3)c3ccc(-c4c5oc(-c6ccccc6)nc5cc5sc6ccccc6c45)cc3-c3ccccc3)cc2)cc1. The molecule has 3 nitrogen and oxygen atoms in total. The van der Waals surface area contributed by atoms with Gasteiger partial charge >= 0.3 is 0 Å². The maximum Gasteiger partial charge on any atom is 0.227 e. The highest BCUT2D eigenvalue weighted by Gasteiger charge is 2.24. The van der Waals surface area contributed by atoms with Gasteiger partial charge in [0.2, 0.25) is 5.89 Å². The summed E-state index contributed by atoms with van der Waals surface area (Å²) < 4.78 is 9.24. The molecule has 0 atom stereocenters. The van der Waals surface area contributed by atoms with Crippen LogP contribution in [0.4, 0.5) is 17.1 Å². The normalized spacial score (nSPS) is 11.4. The number of rotatable bonds is 8. The van der Waals surface area contributed by atoms with Crippen molar-refractivity contribution in [1.82, 2.24) is 4.98 Å². The van der Waals surface area contributed by atoms with E-state index in [2.05, 4.69) is 205 Å². The highest BCUT2D eigenvalue weighted by atomic mass is 32.1. The van der Waals surface area contributed by atoms with Gasteiger partial charge in [-0.05, 0) is 94.0 Å². The van der Waals surface area contributed by atoms with Crippen LogP contribution in [0.25, 0.3) is 87.2 Å². The molecule has 59 heavy (non-hydrogen) atoms. The van der Waals surface area contributed by atoms with Crippen LogP contribution in [0.5, 0.6) is 0 Å². The zero-order chi connectivity index (χ0) is 39.1. The Morgan fingerprint density at radius 3 is 1.69 bits per heavy atom. The topological polar surface area (TPSA) is 29.3 Å². The summed E-state index contributed by atoms with van der Waals surface area (Å²) in [5.41, 5.74) is 14.8. The van der Waals surface area contributed by atoms with Crippen LogP contribution in [0.1, 0.15) is 0 Å². The van der Waals surface area contributed by atoms with Crippen LogP contribution in [-0.2, 0) is 0 Å². The lowest BCUT2D eigenvalue weighted by Gasteiger charge is -2.29. The Kier molecular flexibility index (Phi) is 8.68. The molecular weight excluding hydrogens is 737 g/mol. The van der Waals surface area contributed by atoms with Crippen LogP contribution in [0.3, 0.4) is 0 Å². The summed E-state index contributed by atoms with van der Waals surface area (Å²) in [6, 6.07) is 77.6. The fourth-order valence-electron chi connectivity index (χ4n) is 8.30. The van der Waals surface area contributed by atoms with Crippen molar-refractivity contribution in [3.63, 3.8) is 0 Å². The predicted molar refractivity (Wildman–Crippen MR) is 249 cm³/mol. The number of nitrogens with zero attached hydrogens (tertiary/aromatic N) is 2. The second kappa shape index (κ2) is 14.8. The van der Waals surface area contributed by atoms with E-state index >= 15 is 0 Å². The molecule has 0 aliphatic heterocycles. The highest BCUT2D eigenvalue weighted by molar-refractivity contribution is 7.26. The van der Waals surface area contributed by atoms with E-state index < -0.39 is 0 Å². The van der Waals surface area contributed by atoms with E-state index in [-0.39, 0.29) is 0 Å². The predicted octanol–water partition coefficient (Wildman–Crippen LogP) is 16.0. The fraction of sp³-hybridized carbons (Fsp3) is 0. The molecule has 2 heterocycles. The molecule has 278 valence electrons. The van der Waals surface area contributed by atoms with Crippen LogP contribution in [0.15, 0.2) is 223 Å². The first-order chi connectivity index (χ1) is 29.2. The minimum atomic E-state index is 0.618. The van der Waals surface area contributed by atoms with Crippen LogP contribution in [0, 0.1) is 0 Å². The average Bonchev–Trinajstić information content (AvgIpc) is 3.91. The van der Waals surface area contributed by atoms with Gasteiger partial charge in [-0.2, -0.15) is 0 Å². The average molecular weight is 773 g/mol. The van der Waals surface area contributed by atoms with Gasteiger partial charge < -0.3 is 9.32 Å². The molecule has 0 saturated heterocycles. The second-order valence-electron chi connectivity index (χ2n) is 14.7. The Morgan fingerprint density at radius 2 is 0.983 bits per heavy atom. The molecule has 0 saturated carbocycles. The Balaban J connectivity index is 1.16. The van der Waals surface area contributed by atoms with Crippen molar-refractivity contribution in [2.45, 2.75) is 0 Å². The van der Waals surface area contributed by atoms with Crippen molar-refractivity contribution in [3.05, 3.63) is 218 Å². The molecule has 11 rings (SSSR count). The number of aromatic nitrogens is 1. The largest absolute Gasteiger partial charge is 0.435 e. The van der Waals surface area contributed by atoms with Crippen molar-refractivity contribution in [1.29, 1.82) is 0 Å². The van der Waals surface area contributed by atoms with E-state index in [0.717, 1.165) is 61.5 Å². The van der Waals surface area contributed by atoms with Gasteiger partial charge in [-0.15, -0.1) is 11.3 Å². The van der Waals surface area contributed by atoms with E-state index in [0.29, 0.717) is 5.89 Å². The van der Waals surface area contributed by atoms with Crippen LogP contribution >= 0.6 is 11.3 Å². The first kappa shape index (κ1) is 34.7. The molecule has 9 aromatic carbocycles. The number of thiophene rings is 1. The second-order valence-corrected chi connectivity index (χ2v) is 15.8. The maximum absolute atomic E-state index is 6.81. The zero-order valence-corrected chi connectivity index (χ0v) is 32.8. The van der Waals surface area contributed by atoms with Gasteiger partial charge in [0.15, 0.2) is 5.58 Å². The van der Waals surface area contributed by atoms with Gasteiger partial charge in [0.1, 0.15) is 5.52 Å². The molecule has 0 unspecified atom stereocenters. The van der Waals surface area contributed by atoms with Gasteiger partial charge in [0.25, 0.3) is 0 Å². The number of hydrogen-bond acceptors (Lipinski definition) is 4. The quantitative estimate of drug-likeness (QED) is 0.154. The molecular formula is C55H36N2OS. The van der Waals surface area contributed by atoms with Crippen molar-refractivity contribution in [2.24, 2.45) is 0 Å². The van der Waals surface area contributed by atoms with Gasteiger partial charge in [-0.1, -0.05) is 158 Å². The lowest BCUT2D eigenvalue weighted by Crippen LogP contribution is -2.11. The summed E-state index contributed by atoms with van der Waals surface area (Å²) in [6.45, 7) is 0. The number of oxazole rings is 1. The van der Waals surface area contributed by atoms with Gasteiger partial charge in [-0.25, -0.2) is 4.98 Å². The molecule has 0 radical (unpaired) electrons. The molecule has 4 heteroatoms. The van der Waals surface area contributed by atoms with Crippen molar-refractivity contribution < 1.29 is 4.42 Å². The molecule has 0 amide bonds. The number of benzene rings is 9. The zero-order valence-electron chi connectivity index (χ0n) is 32.0. The summed E-state index contributed by atoms with van der Waals surface area (Å²) in [4.78, 5) is 7.48. The lowest BCUT2D eigenvalue weighted by molar-refractivity contribution is 0.621. The first-order valence-electron chi connectivity index (χ1n) is 19.9. The first-order valence-corrected chi connectivity index (χ1v) is 20.7. The minimum Gasteiger partial charge on any atom is -0.435 e. The van der Waals surface area contributed by atoms with Crippen molar-refractivity contribution in [2.75, 3.05) is 4.90 Å². The van der Waals surface area contributed by atoms with E-state index in [1.54, 1.807) is 11.3 Å². The molecule has 0 aliphatic carbocycles. The van der Waals surface area contributed by atoms with Gasteiger partial charge in [-0.3, -0.25) is 0 Å². The fourth-order valence-corrected chi connectivity index (χ4v) is 9.45. The smallest absolute Gasteiger partial charge is 0.227 e. The Morgan fingerprint density at radius 1 is 0.407 bits per heavy atom. The van der Waals surface area contributed by atoms with Crippen molar-refractivity contribution >= 4 is 59.7 Å². The number of anilines is 3. The van der Waals surface area contributed by atoms with Gasteiger partial charge in [0.05, 0.1) is 5.69 Å². The summed E-state index contributed by atoms with van der Waals surface area (Å²) >= 11 is 1.80.